The van der Waals surface area contributed by atoms with Gasteiger partial charge in [-0.2, -0.15) is 0 Å². The van der Waals surface area contributed by atoms with Gasteiger partial charge in [0.25, 0.3) is 0 Å². The molecule has 0 aliphatic rings. The molecule has 0 radical (unpaired) electrons. The third-order valence-corrected chi connectivity index (χ3v) is 1.51. The van der Waals surface area contributed by atoms with E-state index in [0.717, 1.165) is 0 Å². The van der Waals surface area contributed by atoms with E-state index < -0.39 is 0 Å². The average molecular weight is 185 g/mol. The predicted molar refractivity (Wildman–Crippen MR) is 35.9 cm³/mol. The fourth-order valence-corrected chi connectivity index (χ4v) is 0.880. The van der Waals surface area contributed by atoms with Crippen LogP contribution in [0.15, 0.2) is 18.2 Å². The second-order valence-electron chi connectivity index (χ2n) is 1.55. The molecule has 10 heavy (non-hydrogen) atoms. The van der Waals surface area contributed by atoms with Gasteiger partial charge in [0.2, 0.25) is 0 Å². The smallest absolute Gasteiger partial charge is 0.870 e. The van der Waals surface area contributed by atoms with Crippen molar-refractivity contribution in [3.05, 3.63) is 28.2 Å². The SMILES string of the molecule is [Na+].[O-]c1c(Cl)cccc1Cl. The fraction of sp³-hybridized carbons (Fsp3) is 0. The molecule has 0 atom stereocenters. The molecule has 4 heteroatoms. The molecule has 1 aromatic carbocycles. The normalized spacial score (nSPS) is 8.60. The van der Waals surface area contributed by atoms with E-state index in [-0.39, 0.29) is 45.4 Å². The summed E-state index contributed by atoms with van der Waals surface area (Å²) in [4.78, 5) is 0. The first-order valence-corrected chi connectivity index (χ1v) is 3.08. The van der Waals surface area contributed by atoms with E-state index in [9.17, 15) is 5.11 Å². The first kappa shape index (κ1) is 10.6. The van der Waals surface area contributed by atoms with Crippen LogP contribution >= 0.6 is 23.2 Å². The van der Waals surface area contributed by atoms with Crippen molar-refractivity contribution in [2.45, 2.75) is 0 Å². The van der Waals surface area contributed by atoms with E-state index in [1.54, 1.807) is 6.07 Å². The van der Waals surface area contributed by atoms with Crippen molar-refractivity contribution < 1.29 is 34.7 Å². The van der Waals surface area contributed by atoms with Gasteiger partial charge in [-0.1, -0.05) is 35.0 Å². The van der Waals surface area contributed by atoms with E-state index in [1.807, 2.05) is 0 Å². The molecule has 0 aromatic heterocycles. The summed E-state index contributed by atoms with van der Waals surface area (Å²) in [5.41, 5.74) is 0. The summed E-state index contributed by atoms with van der Waals surface area (Å²) in [5.74, 6) is -0.305. The zero-order valence-corrected chi connectivity index (χ0v) is 8.91. The Morgan fingerprint density at radius 2 is 1.50 bits per heavy atom. The number of hydrogen-bond acceptors (Lipinski definition) is 1. The van der Waals surface area contributed by atoms with Crippen LogP contribution in [0.25, 0.3) is 0 Å². The quantitative estimate of drug-likeness (QED) is 0.479. The molecular formula is C6H3Cl2NaO. The first-order chi connectivity index (χ1) is 4.22. The third-order valence-electron chi connectivity index (χ3n) is 0.919. The minimum absolute atomic E-state index is 0. The zero-order chi connectivity index (χ0) is 6.85. The van der Waals surface area contributed by atoms with Gasteiger partial charge in [-0.25, -0.2) is 0 Å². The molecule has 1 nitrogen and oxygen atoms in total. The molecule has 0 saturated heterocycles. The van der Waals surface area contributed by atoms with Gasteiger partial charge in [0.15, 0.2) is 0 Å². The average Bonchev–Trinajstić information content (AvgIpc) is 1.83. The van der Waals surface area contributed by atoms with Crippen LogP contribution in [-0.2, 0) is 0 Å². The molecule has 0 heterocycles. The van der Waals surface area contributed by atoms with E-state index in [1.165, 1.54) is 12.1 Å². The van der Waals surface area contributed by atoms with Crippen LogP contribution in [-0.4, -0.2) is 0 Å². The summed E-state index contributed by atoms with van der Waals surface area (Å²) in [6, 6.07) is 4.65. The molecule has 1 aromatic rings. The van der Waals surface area contributed by atoms with Crippen LogP contribution in [0.2, 0.25) is 10.0 Å². The van der Waals surface area contributed by atoms with Crippen molar-refractivity contribution in [1.82, 2.24) is 0 Å². The molecule has 0 spiro atoms. The van der Waals surface area contributed by atoms with Gasteiger partial charge in [-0.3, -0.25) is 0 Å². The Morgan fingerprint density at radius 3 is 1.80 bits per heavy atom. The molecular weight excluding hydrogens is 182 g/mol. The molecule has 0 aliphatic heterocycles. The van der Waals surface area contributed by atoms with Crippen LogP contribution in [0.3, 0.4) is 0 Å². The molecule has 0 bridgehead atoms. The number of benzene rings is 1. The molecule has 1 rings (SSSR count). The predicted octanol–water partition coefficient (Wildman–Crippen LogP) is -0.929. The maximum Gasteiger partial charge on any atom is 1.00 e. The standard InChI is InChI=1S/C6H4Cl2O.Na/c7-4-2-1-3-5(8)6(4)9;/h1-3,9H;/q;+1/p-1. The van der Waals surface area contributed by atoms with Crippen molar-refractivity contribution in [2.75, 3.05) is 0 Å². The van der Waals surface area contributed by atoms with E-state index in [0.29, 0.717) is 0 Å². The number of halogens is 2. The molecule has 0 saturated carbocycles. The summed E-state index contributed by atoms with van der Waals surface area (Å²) in [6.45, 7) is 0. The van der Waals surface area contributed by atoms with Crippen LogP contribution in [0.1, 0.15) is 0 Å². The van der Waals surface area contributed by atoms with Crippen molar-refractivity contribution in [3.63, 3.8) is 0 Å². The number of hydrogen-bond donors (Lipinski definition) is 0. The van der Waals surface area contributed by atoms with Gasteiger partial charge < -0.3 is 5.11 Å². The maximum atomic E-state index is 10.7. The van der Waals surface area contributed by atoms with Crippen LogP contribution in [0.5, 0.6) is 5.75 Å². The summed E-state index contributed by atoms with van der Waals surface area (Å²) < 4.78 is 0. The third kappa shape index (κ3) is 2.33. The van der Waals surface area contributed by atoms with Crippen LogP contribution in [0.4, 0.5) is 0 Å². The van der Waals surface area contributed by atoms with E-state index in [2.05, 4.69) is 0 Å². The van der Waals surface area contributed by atoms with Crippen molar-refractivity contribution in [1.29, 1.82) is 0 Å². The Labute approximate surface area is 91.2 Å². The minimum Gasteiger partial charge on any atom is -0.870 e. The molecule has 0 aliphatic carbocycles. The first-order valence-electron chi connectivity index (χ1n) is 2.33. The van der Waals surface area contributed by atoms with E-state index >= 15 is 0 Å². The Hall–Kier alpha value is 0.600. The Balaban J connectivity index is 0.000000810. The summed E-state index contributed by atoms with van der Waals surface area (Å²) in [6.07, 6.45) is 0. The fourth-order valence-electron chi connectivity index (χ4n) is 0.483. The second kappa shape index (κ2) is 4.47. The largest absolute Gasteiger partial charge is 1.00 e. The Bertz CT molecular complexity index is 207. The number of para-hydroxylation sites is 1. The molecule has 0 amide bonds. The van der Waals surface area contributed by atoms with Gasteiger partial charge in [0.1, 0.15) is 0 Å². The van der Waals surface area contributed by atoms with Crippen LogP contribution in [0, 0.1) is 0 Å². The maximum absolute atomic E-state index is 10.7. The van der Waals surface area contributed by atoms with E-state index in [4.69, 9.17) is 23.2 Å². The van der Waals surface area contributed by atoms with Gasteiger partial charge >= 0.3 is 29.6 Å². The van der Waals surface area contributed by atoms with Crippen LogP contribution < -0.4 is 34.7 Å². The van der Waals surface area contributed by atoms with Crippen molar-refractivity contribution in [2.24, 2.45) is 0 Å². The Kier molecular flexibility index (Phi) is 4.74. The topological polar surface area (TPSA) is 23.1 Å². The molecule has 0 unspecified atom stereocenters. The monoisotopic (exact) mass is 184 g/mol. The second-order valence-corrected chi connectivity index (χ2v) is 2.37. The van der Waals surface area contributed by atoms with Crippen molar-refractivity contribution in [3.8, 4) is 5.75 Å². The summed E-state index contributed by atoms with van der Waals surface area (Å²) in [5, 5.41) is 11.0. The molecule has 0 fully saturated rings. The van der Waals surface area contributed by atoms with Gasteiger partial charge in [0, 0.05) is 10.0 Å². The zero-order valence-electron chi connectivity index (χ0n) is 5.40. The van der Waals surface area contributed by atoms with Gasteiger partial charge in [-0.15, -0.1) is 0 Å². The van der Waals surface area contributed by atoms with Crippen molar-refractivity contribution >= 4 is 23.2 Å². The summed E-state index contributed by atoms with van der Waals surface area (Å²) in [7, 11) is 0. The molecule has 48 valence electrons. The molecule has 0 N–H and O–H groups in total. The Morgan fingerprint density at radius 1 is 1.10 bits per heavy atom. The summed E-state index contributed by atoms with van der Waals surface area (Å²) >= 11 is 10.8. The van der Waals surface area contributed by atoms with Gasteiger partial charge in [0.05, 0.1) is 0 Å². The van der Waals surface area contributed by atoms with Gasteiger partial charge in [-0.05, 0) is 12.1 Å². The number of rotatable bonds is 0. The minimum atomic E-state index is -0.305.